The molecular weight excluding hydrogens is 286 g/mol. The molecule has 0 aliphatic rings. The molecule has 0 amide bonds. The van der Waals surface area contributed by atoms with Gasteiger partial charge in [0.05, 0.1) is 5.75 Å². The zero-order chi connectivity index (χ0) is 14.5. The van der Waals surface area contributed by atoms with E-state index in [1.807, 2.05) is 24.3 Å². The van der Waals surface area contributed by atoms with E-state index in [-0.39, 0.29) is 11.5 Å². The molecule has 0 spiro atoms. The van der Waals surface area contributed by atoms with E-state index in [2.05, 4.69) is 49.4 Å². The molecule has 0 aromatic heterocycles. The van der Waals surface area contributed by atoms with Crippen LogP contribution in [0.15, 0.2) is 47.4 Å². The Bertz CT molecular complexity index is 605. The van der Waals surface area contributed by atoms with Gasteiger partial charge in [-0.3, -0.25) is 4.79 Å². The van der Waals surface area contributed by atoms with Gasteiger partial charge in [0.15, 0.2) is 5.78 Å². The summed E-state index contributed by atoms with van der Waals surface area (Å²) in [5.74, 6) is 0.265. The van der Waals surface area contributed by atoms with Crippen molar-refractivity contribution in [1.82, 2.24) is 0 Å². The maximum Gasteiger partial charge on any atom is 0.172 e. The monoisotopic (exact) mass is 303 g/mol. The molecule has 104 valence electrons. The predicted molar refractivity (Wildman–Crippen MR) is 90.0 cm³/mol. The van der Waals surface area contributed by atoms with E-state index in [1.54, 1.807) is 11.9 Å². The van der Waals surface area contributed by atoms with Crippen molar-refractivity contribution in [2.24, 2.45) is 0 Å². The molecule has 4 heteroatoms. The summed E-state index contributed by atoms with van der Waals surface area (Å²) in [6.07, 6.45) is 0. The lowest BCUT2D eigenvalue weighted by atomic mass is 10.1. The Kier molecular flexibility index (Phi) is 5.15. The number of anilines is 1. The second kappa shape index (κ2) is 6.86. The van der Waals surface area contributed by atoms with E-state index in [0.717, 1.165) is 10.6 Å². The van der Waals surface area contributed by atoms with Crippen molar-refractivity contribution in [3.63, 3.8) is 0 Å². The molecule has 0 saturated heterocycles. The van der Waals surface area contributed by atoms with E-state index in [1.165, 1.54) is 11.1 Å². The number of hydrogen-bond acceptors (Lipinski definition) is 4. The zero-order valence-electron chi connectivity index (χ0n) is 11.5. The highest BCUT2D eigenvalue weighted by Crippen LogP contribution is 2.24. The van der Waals surface area contributed by atoms with E-state index >= 15 is 0 Å². The summed E-state index contributed by atoms with van der Waals surface area (Å²) in [7, 11) is 0. The van der Waals surface area contributed by atoms with Crippen LogP contribution in [0.4, 0.5) is 5.69 Å². The van der Waals surface area contributed by atoms with E-state index in [0.29, 0.717) is 5.56 Å². The summed E-state index contributed by atoms with van der Waals surface area (Å²) in [6.45, 7) is 4.17. The maximum atomic E-state index is 11.6. The molecule has 0 aliphatic carbocycles. The van der Waals surface area contributed by atoms with Crippen LogP contribution in [0.3, 0.4) is 0 Å². The summed E-state index contributed by atoms with van der Waals surface area (Å²) >= 11 is 5.57. The Hall–Kier alpha value is -1.39. The van der Waals surface area contributed by atoms with Crippen molar-refractivity contribution in [1.29, 1.82) is 0 Å². The average Bonchev–Trinajstić information content (AvgIpc) is 2.43. The third-order valence-corrected chi connectivity index (χ3v) is 3.91. The molecule has 2 nitrogen and oxygen atoms in total. The average molecular weight is 303 g/mol. The number of Topliss-reactive ketones (excluding diaryl/α,β-unsaturated/α-hetero) is 1. The van der Waals surface area contributed by atoms with Crippen LogP contribution in [-0.2, 0) is 0 Å². The van der Waals surface area contributed by atoms with Gasteiger partial charge in [0.25, 0.3) is 0 Å². The minimum atomic E-state index is 0.0355. The predicted octanol–water partition coefficient (Wildman–Crippen LogP) is 4.54. The van der Waals surface area contributed by atoms with Gasteiger partial charge >= 0.3 is 0 Å². The first-order chi connectivity index (χ1) is 9.58. The standard InChI is InChI=1S/C16H17NOS2/c1-11-6-12(2)8-15(7-11)20-17-14-5-3-4-13(9-14)16(18)10-19/h3-9,17,19H,10H2,1-2H3. The van der Waals surface area contributed by atoms with Crippen LogP contribution in [0.5, 0.6) is 0 Å². The van der Waals surface area contributed by atoms with Crippen molar-refractivity contribution in [2.45, 2.75) is 18.7 Å². The Morgan fingerprint density at radius 2 is 1.85 bits per heavy atom. The quantitative estimate of drug-likeness (QED) is 0.483. The topological polar surface area (TPSA) is 29.1 Å². The fraction of sp³-hybridized carbons (Fsp3) is 0.188. The number of carbonyl (C=O) groups excluding carboxylic acids is 1. The molecular formula is C16H17NOS2. The Balaban J connectivity index is 2.09. The zero-order valence-corrected chi connectivity index (χ0v) is 13.2. The summed E-state index contributed by atoms with van der Waals surface area (Å²) < 4.78 is 3.27. The molecule has 0 saturated carbocycles. The van der Waals surface area contributed by atoms with Gasteiger partial charge in [-0.15, -0.1) is 0 Å². The Morgan fingerprint density at radius 1 is 1.15 bits per heavy atom. The van der Waals surface area contributed by atoms with E-state index in [9.17, 15) is 4.79 Å². The summed E-state index contributed by atoms with van der Waals surface area (Å²) in [4.78, 5) is 12.8. The molecule has 20 heavy (non-hydrogen) atoms. The minimum absolute atomic E-state index is 0.0355. The molecule has 2 aromatic carbocycles. The molecule has 0 heterocycles. The van der Waals surface area contributed by atoms with Crippen LogP contribution < -0.4 is 4.72 Å². The van der Waals surface area contributed by atoms with Gasteiger partial charge in [0.2, 0.25) is 0 Å². The number of ketones is 1. The first kappa shape index (κ1) is 15.0. The lowest BCUT2D eigenvalue weighted by Gasteiger charge is -2.08. The highest BCUT2D eigenvalue weighted by Gasteiger charge is 2.04. The van der Waals surface area contributed by atoms with E-state index < -0.39 is 0 Å². The highest BCUT2D eigenvalue weighted by molar-refractivity contribution is 8.00. The van der Waals surface area contributed by atoms with Crippen molar-refractivity contribution in [3.05, 3.63) is 59.2 Å². The molecule has 2 aromatic rings. The molecule has 0 radical (unpaired) electrons. The molecule has 0 bridgehead atoms. The third kappa shape index (κ3) is 4.05. The van der Waals surface area contributed by atoms with Gasteiger partial charge in [0.1, 0.15) is 0 Å². The first-order valence-corrected chi connectivity index (χ1v) is 7.78. The number of aryl methyl sites for hydroxylation is 2. The molecule has 1 N–H and O–H groups in total. The van der Waals surface area contributed by atoms with Crippen LogP contribution in [-0.4, -0.2) is 11.5 Å². The van der Waals surface area contributed by atoms with Crippen LogP contribution in [0.2, 0.25) is 0 Å². The fourth-order valence-electron chi connectivity index (χ4n) is 1.96. The molecule has 0 fully saturated rings. The van der Waals surface area contributed by atoms with Gasteiger partial charge in [-0.2, -0.15) is 12.6 Å². The van der Waals surface area contributed by atoms with Crippen LogP contribution in [0.25, 0.3) is 0 Å². The Labute approximate surface area is 129 Å². The first-order valence-electron chi connectivity index (χ1n) is 6.34. The second-order valence-electron chi connectivity index (χ2n) is 4.69. The number of carbonyl (C=O) groups is 1. The van der Waals surface area contributed by atoms with Crippen LogP contribution in [0.1, 0.15) is 21.5 Å². The maximum absolute atomic E-state index is 11.6. The van der Waals surface area contributed by atoms with Gasteiger partial charge < -0.3 is 4.72 Å². The normalized spacial score (nSPS) is 10.3. The summed E-state index contributed by atoms with van der Waals surface area (Å²) in [5.41, 5.74) is 4.09. The fourth-order valence-corrected chi connectivity index (χ4v) is 2.99. The molecule has 2 rings (SSSR count). The van der Waals surface area contributed by atoms with Gasteiger partial charge in [-0.05, 0) is 61.2 Å². The smallest absolute Gasteiger partial charge is 0.172 e. The number of nitrogens with one attached hydrogen (secondary N) is 1. The minimum Gasteiger partial charge on any atom is -0.326 e. The summed E-state index contributed by atoms with van der Waals surface area (Å²) in [5, 5.41) is 0. The van der Waals surface area contributed by atoms with Crippen molar-refractivity contribution >= 4 is 36.0 Å². The van der Waals surface area contributed by atoms with Crippen LogP contribution >= 0.6 is 24.6 Å². The number of benzene rings is 2. The van der Waals surface area contributed by atoms with Gasteiger partial charge in [0, 0.05) is 16.1 Å². The largest absolute Gasteiger partial charge is 0.326 e. The Morgan fingerprint density at radius 3 is 2.50 bits per heavy atom. The van der Waals surface area contributed by atoms with Gasteiger partial charge in [-0.1, -0.05) is 18.2 Å². The second-order valence-corrected chi connectivity index (χ2v) is 5.89. The molecule has 0 aliphatic heterocycles. The lowest BCUT2D eigenvalue weighted by molar-refractivity contribution is 0.102. The molecule has 0 unspecified atom stereocenters. The highest BCUT2D eigenvalue weighted by atomic mass is 32.2. The number of hydrogen-bond donors (Lipinski definition) is 2. The lowest BCUT2D eigenvalue weighted by Crippen LogP contribution is -2.00. The summed E-state index contributed by atoms with van der Waals surface area (Å²) in [6, 6.07) is 13.9. The van der Waals surface area contributed by atoms with E-state index in [4.69, 9.17) is 0 Å². The third-order valence-electron chi connectivity index (χ3n) is 2.81. The number of thiol groups is 1. The van der Waals surface area contributed by atoms with Crippen molar-refractivity contribution in [3.8, 4) is 0 Å². The number of rotatable bonds is 5. The van der Waals surface area contributed by atoms with Crippen molar-refractivity contribution in [2.75, 3.05) is 10.5 Å². The SMILES string of the molecule is Cc1cc(C)cc(SNc2cccc(C(=O)CS)c2)c1. The van der Waals surface area contributed by atoms with Crippen molar-refractivity contribution < 1.29 is 4.79 Å². The molecule has 0 atom stereocenters. The van der Waals surface area contributed by atoms with Gasteiger partial charge in [-0.25, -0.2) is 0 Å². The van der Waals surface area contributed by atoms with Crippen LogP contribution in [0, 0.1) is 13.8 Å².